The molecule has 10 heteroatoms. The third-order valence-corrected chi connectivity index (χ3v) is 4.97. The van der Waals surface area contributed by atoms with Crippen molar-refractivity contribution in [3.8, 4) is 6.07 Å². The summed E-state index contributed by atoms with van der Waals surface area (Å²) in [6.45, 7) is 0.747. The number of hydrogen-bond donors (Lipinski definition) is 1. The fourth-order valence-electron chi connectivity index (χ4n) is 3.49. The second-order valence-corrected chi connectivity index (χ2v) is 6.66. The Bertz CT molecular complexity index is 1060. The van der Waals surface area contributed by atoms with Crippen LogP contribution >= 0.6 is 0 Å². The molecule has 3 aromatic rings. The van der Waals surface area contributed by atoms with E-state index in [2.05, 4.69) is 21.4 Å². The van der Waals surface area contributed by atoms with Gasteiger partial charge >= 0.3 is 6.18 Å². The molecular weight excluding hydrogens is 373 g/mol. The molecule has 1 aliphatic rings. The van der Waals surface area contributed by atoms with Gasteiger partial charge in [0.05, 0.1) is 17.2 Å². The second-order valence-electron chi connectivity index (χ2n) is 6.66. The highest BCUT2D eigenvalue weighted by molar-refractivity contribution is 5.47. The molecule has 0 unspecified atom stereocenters. The van der Waals surface area contributed by atoms with Gasteiger partial charge in [0.25, 0.3) is 5.82 Å². The standard InChI is InChI=1S/C18H15F3N6O/c19-18(20,21)16-24-23-14-5-6-15(25-27(14)16)26-9-7-17(28,8-10-26)13-4-2-1-3-12(13)11-22/h1-6,28H,7-10H2. The highest BCUT2D eigenvalue weighted by atomic mass is 19.4. The molecule has 2 aromatic heterocycles. The fourth-order valence-corrected chi connectivity index (χ4v) is 3.49. The first-order valence-corrected chi connectivity index (χ1v) is 8.58. The molecule has 1 aliphatic heterocycles. The van der Waals surface area contributed by atoms with Crippen LogP contribution in [0.25, 0.3) is 5.65 Å². The first-order chi connectivity index (χ1) is 13.3. The first kappa shape index (κ1) is 18.2. The van der Waals surface area contributed by atoms with Gasteiger partial charge < -0.3 is 10.0 Å². The molecule has 1 fully saturated rings. The van der Waals surface area contributed by atoms with Crippen LogP contribution in [-0.4, -0.2) is 38.0 Å². The number of piperidine rings is 1. The lowest BCUT2D eigenvalue weighted by Gasteiger charge is -2.39. The predicted molar refractivity (Wildman–Crippen MR) is 92.3 cm³/mol. The minimum Gasteiger partial charge on any atom is -0.385 e. The minimum atomic E-state index is -4.66. The molecule has 0 aliphatic carbocycles. The lowest BCUT2D eigenvalue weighted by Crippen LogP contribution is -2.43. The highest BCUT2D eigenvalue weighted by Crippen LogP contribution is 2.36. The van der Waals surface area contributed by atoms with E-state index < -0.39 is 17.6 Å². The Hall–Kier alpha value is -3.19. The average Bonchev–Trinajstić information content (AvgIpc) is 3.12. The van der Waals surface area contributed by atoms with Crippen molar-refractivity contribution in [1.29, 1.82) is 5.26 Å². The van der Waals surface area contributed by atoms with Gasteiger partial charge in [0.1, 0.15) is 5.82 Å². The number of alkyl halides is 3. The molecular formula is C18H15F3N6O. The molecule has 1 saturated heterocycles. The molecule has 0 saturated carbocycles. The number of anilines is 1. The van der Waals surface area contributed by atoms with Crippen molar-refractivity contribution in [2.75, 3.05) is 18.0 Å². The Kier molecular flexibility index (Phi) is 4.19. The number of benzene rings is 1. The lowest BCUT2D eigenvalue weighted by molar-refractivity contribution is -0.146. The van der Waals surface area contributed by atoms with Crippen molar-refractivity contribution in [2.45, 2.75) is 24.6 Å². The number of hydrogen-bond acceptors (Lipinski definition) is 6. The van der Waals surface area contributed by atoms with Crippen LogP contribution in [0.5, 0.6) is 0 Å². The number of aliphatic hydroxyl groups is 1. The summed E-state index contributed by atoms with van der Waals surface area (Å²) in [5.41, 5.74) is -0.177. The topological polar surface area (TPSA) is 90.3 Å². The summed E-state index contributed by atoms with van der Waals surface area (Å²) in [6, 6.07) is 12.0. The summed E-state index contributed by atoms with van der Waals surface area (Å²) in [6.07, 6.45) is -4.02. The van der Waals surface area contributed by atoms with Crippen molar-refractivity contribution in [2.24, 2.45) is 0 Å². The Morgan fingerprint density at radius 3 is 2.46 bits per heavy atom. The highest BCUT2D eigenvalue weighted by Gasteiger charge is 2.39. The number of halogens is 3. The second kappa shape index (κ2) is 6.45. The maximum atomic E-state index is 13.0. The maximum absolute atomic E-state index is 13.0. The van der Waals surface area contributed by atoms with Gasteiger partial charge in [-0.05, 0) is 31.0 Å². The van der Waals surface area contributed by atoms with Gasteiger partial charge in [0, 0.05) is 18.7 Å². The van der Waals surface area contributed by atoms with Crippen LogP contribution in [0.3, 0.4) is 0 Å². The molecule has 0 spiro atoms. The predicted octanol–water partition coefficient (Wildman–Crippen LogP) is 2.50. The van der Waals surface area contributed by atoms with E-state index >= 15 is 0 Å². The van der Waals surface area contributed by atoms with Gasteiger partial charge in [-0.2, -0.15) is 22.9 Å². The number of nitriles is 1. The van der Waals surface area contributed by atoms with E-state index in [4.69, 9.17) is 0 Å². The Labute approximate surface area is 157 Å². The molecule has 1 N–H and O–H groups in total. The Morgan fingerprint density at radius 2 is 1.79 bits per heavy atom. The molecule has 0 bridgehead atoms. The number of nitrogens with zero attached hydrogens (tertiary/aromatic N) is 6. The molecule has 0 amide bonds. The largest absolute Gasteiger partial charge is 0.453 e. The van der Waals surface area contributed by atoms with Gasteiger partial charge in [-0.1, -0.05) is 18.2 Å². The lowest BCUT2D eigenvalue weighted by atomic mass is 9.82. The Morgan fingerprint density at radius 1 is 1.07 bits per heavy atom. The van der Waals surface area contributed by atoms with Gasteiger partial charge in [-0.3, -0.25) is 0 Å². The molecule has 4 rings (SSSR count). The fraction of sp³-hybridized carbons (Fsp3) is 0.333. The van der Waals surface area contributed by atoms with E-state index in [1.165, 1.54) is 6.07 Å². The van der Waals surface area contributed by atoms with E-state index in [-0.39, 0.29) is 5.65 Å². The van der Waals surface area contributed by atoms with Crippen LogP contribution in [0.4, 0.5) is 19.0 Å². The van der Waals surface area contributed by atoms with Crippen molar-refractivity contribution in [3.63, 3.8) is 0 Å². The number of rotatable bonds is 2. The third kappa shape index (κ3) is 3.03. The van der Waals surface area contributed by atoms with E-state index in [1.807, 2.05) is 0 Å². The summed E-state index contributed by atoms with van der Waals surface area (Å²) < 4.78 is 39.8. The minimum absolute atomic E-state index is 0.00698. The van der Waals surface area contributed by atoms with Crippen LogP contribution in [0.2, 0.25) is 0 Å². The van der Waals surface area contributed by atoms with Crippen molar-refractivity contribution < 1.29 is 18.3 Å². The van der Waals surface area contributed by atoms with Gasteiger partial charge in [-0.15, -0.1) is 15.3 Å². The van der Waals surface area contributed by atoms with Crippen molar-refractivity contribution in [1.82, 2.24) is 19.8 Å². The molecule has 3 heterocycles. The summed E-state index contributed by atoms with van der Waals surface area (Å²) >= 11 is 0. The van der Waals surface area contributed by atoms with Crippen LogP contribution in [0.1, 0.15) is 29.8 Å². The van der Waals surface area contributed by atoms with Crippen LogP contribution in [0.15, 0.2) is 36.4 Å². The Balaban J connectivity index is 1.59. The smallest absolute Gasteiger partial charge is 0.385 e. The van der Waals surface area contributed by atoms with Crippen LogP contribution in [0, 0.1) is 11.3 Å². The van der Waals surface area contributed by atoms with Gasteiger partial charge in [0.15, 0.2) is 5.65 Å². The van der Waals surface area contributed by atoms with E-state index in [1.54, 1.807) is 35.2 Å². The van der Waals surface area contributed by atoms with E-state index in [9.17, 15) is 23.5 Å². The molecule has 28 heavy (non-hydrogen) atoms. The summed E-state index contributed by atoms with van der Waals surface area (Å²) in [4.78, 5) is 1.79. The van der Waals surface area contributed by atoms with E-state index in [0.717, 1.165) is 0 Å². The summed E-state index contributed by atoms with van der Waals surface area (Å²) in [7, 11) is 0. The van der Waals surface area contributed by atoms with Crippen LogP contribution < -0.4 is 4.90 Å². The number of aromatic nitrogens is 4. The molecule has 0 radical (unpaired) electrons. The normalized spacial score (nSPS) is 16.9. The molecule has 0 atom stereocenters. The number of fused-ring (bicyclic) bond motifs is 1. The monoisotopic (exact) mass is 388 g/mol. The zero-order chi connectivity index (χ0) is 19.9. The molecule has 1 aromatic carbocycles. The summed E-state index contributed by atoms with van der Waals surface area (Å²) in [5, 5.41) is 31.0. The zero-order valence-electron chi connectivity index (χ0n) is 14.6. The van der Waals surface area contributed by atoms with Gasteiger partial charge in [-0.25, -0.2) is 0 Å². The molecule has 7 nitrogen and oxygen atoms in total. The zero-order valence-corrected chi connectivity index (χ0v) is 14.6. The molecule has 144 valence electrons. The van der Waals surface area contributed by atoms with E-state index in [0.29, 0.717) is 47.4 Å². The van der Waals surface area contributed by atoms with Crippen LogP contribution in [-0.2, 0) is 11.8 Å². The first-order valence-electron chi connectivity index (χ1n) is 8.58. The third-order valence-electron chi connectivity index (χ3n) is 4.97. The quantitative estimate of drug-likeness (QED) is 0.726. The van der Waals surface area contributed by atoms with Gasteiger partial charge in [0.2, 0.25) is 0 Å². The summed E-state index contributed by atoms with van der Waals surface area (Å²) in [5.74, 6) is -0.839. The van der Waals surface area contributed by atoms with Crippen molar-refractivity contribution >= 4 is 11.5 Å². The average molecular weight is 388 g/mol. The maximum Gasteiger partial charge on any atom is 0.453 e. The van der Waals surface area contributed by atoms with Crippen molar-refractivity contribution in [3.05, 3.63) is 53.3 Å². The SMILES string of the molecule is N#Cc1ccccc1C1(O)CCN(c2ccc3nnc(C(F)(F)F)n3n2)CC1.